The number of piperidine rings is 2. The fourth-order valence-electron chi connectivity index (χ4n) is 9.50. The van der Waals surface area contributed by atoms with Crippen molar-refractivity contribution in [2.45, 2.75) is 117 Å². The molecule has 0 atom stereocenters. The van der Waals surface area contributed by atoms with Crippen molar-refractivity contribution in [2.24, 2.45) is 0 Å². The van der Waals surface area contributed by atoms with E-state index in [-0.39, 0.29) is 0 Å². The average Bonchev–Trinajstić information content (AvgIpc) is 3.81. The molecule has 1 aliphatic carbocycles. The third kappa shape index (κ3) is 11.2. The molecule has 3 aliphatic rings. The monoisotopic (exact) mass is 839 g/mol. The van der Waals surface area contributed by atoms with Gasteiger partial charge in [0, 0.05) is 63.1 Å². The van der Waals surface area contributed by atoms with Gasteiger partial charge in [0.15, 0.2) is 23.0 Å². The summed E-state index contributed by atoms with van der Waals surface area (Å²) in [4.78, 5) is 14.5. The molecule has 1 saturated carbocycles. The van der Waals surface area contributed by atoms with Crippen LogP contribution in [0.3, 0.4) is 0 Å². The van der Waals surface area contributed by atoms with Crippen LogP contribution in [-0.4, -0.2) is 77.3 Å². The molecule has 0 unspecified atom stereocenters. The molecule has 0 bridgehead atoms. The van der Waals surface area contributed by atoms with Gasteiger partial charge in [0.2, 0.25) is 0 Å². The van der Waals surface area contributed by atoms with E-state index < -0.39 is 0 Å². The van der Waals surface area contributed by atoms with E-state index in [1.807, 2.05) is 37.5 Å². The maximum absolute atomic E-state index is 6.41. The number of rotatable bonds is 18. The number of nitrogens with zero attached hydrogens (tertiary/aromatic N) is 6. The SMILES string of the molecule is CCOc1cc(CN2CCC(N(c3ccnc(C)c3)N(c3ccnc(C)c3)C3CCN(Cc4ccc(OC5CCCC5)c(OCC)c4)CC3)CC2)ccc1OCc1ccccc1. The van der Waals surface area contributed by atoms with Gasteiger partial charge in [-0.1, -0.05) is 42.5 Å². The van der Waals surface area contributed by atoms with Gasteiger partial charge >= 0.3 is 0 Å². The van der Waals surface area contributed by atoms with Crippen molar-refractivity contribution in [3.05, 3.63) is 131 Å². The lowest BCUT2D eigenvalue weighted by atomic mass is 10.00. The summed E-state index contributed by atoms with van der Waals surface area (Å²) < 4.78 is 24.8. The lowest BCUT2D eigenvalue weighted by Crippen LogP contribution is -2.59. The van der Waals surface area contributed by atoms with Gasteiger partial charge in [0.05, 0.1) is 42.8 Å². The zero-order chi connectivity index (χ0) is 42.7. The zero-order valence-corrected chi connectivity index (χ0v) is 37.4. The Hall–Kier alpha value is -5.32. The van der Waals surface area contributed by atoms with Crippen LogP contribution in [0.15, 0.2) is 103 Å². The third-order valence-electron chi connectivity index (χ3n) is 12.6. The number of anilines is 2. The largest absolute Gasteiger partial charge is 0.490 e. The van der Waals surface area contributed by atoms with Crippen molar-refractivity contribution in [2.75, 3.05) is 49.4 Å². The highest BCUT2D eigenvalue weighted by atomic mass is 16.5. The Labute approximate surface area is 369 Å². The molecule has 8 rings (SSSR count). The third-order valence-corrected chi connectivity index (χ3v) is 12.6. The van der Waals surface area contributed by atoms with Crippen molar-refractivity contribution in [3.63, 3.8) is 0 Å². The molecule has 0 N–H and O–H groups in total. The van der Waals surface area contributed by atoms with E-state index in [1.165, 1.54) is 35.3 Å². The average molecular weight is 839 g/mol. The van der Waals surface area contributed by atoms with Gasteiger partial charge in [0.25, 0.3) is 0 Å². The fourth-order valence-corrected chi connectivity index (χ4v) is 9.50. The smallest absolute Gasteiger partial charge is 0.161 e. The summed E-state index contributed by atoms with van der Waals surface area (Å²) in [6.07, 6.45) is 13.2. The Morgan fingerprint density at radius 2 is 1.03 bits per heavy atom. The van der Waals surface area contributed by atoms with Gasteiger partial charge in [-0.3, -0.25) is 29.8 Å². The highest BCUT2D eigenvalue weighted by molar-refractivity contribution is 5.60. The van der Waals surface area contributed by atoms with Crippen LogP contribution in [0.1, 0.15) is 93.3 Å². The number of likely N-dealkylation sites (tertiary alicyclic amines) is 2. The minimum atomic E-state index is 0.304. The minimum Gasteiger partial charge on any atom is -0.490 e. The van der Waals surface area contributed by atoms with Gasteiger partial charge in [-0.2, -0.15) is 0 Å². The second-order valence-electron chi connectivity index (χ2n) is 17.2. The number of hydrazine groups is 1. The molecule has 10 heteroatoms. The summed E-state index contributed by atoms with van der Waals surface area (Å²) >= 11 is 0. The Bertz CT molecular complexity index is 2160. The summed E-state index contributed by atoms with van der Waals surface area (Å²) in [5, 5.41) is 5.26. The van der Waals surface area contributed by atoms with Crippen molar-refractivity contribution >= 4 is 11.4 Å². The zero-order valence-electron chi connectivity index (χ0n) is 37.4. The molecule has 4 heterocycles. The molecule has 328 valence electrons. The standard InChI is InChI=1S/C52H66N6O4/c1-5-59-51-34-42(16-18-49(51)61-38-41-12-8-7-9-13-41)36-55-28-22-44(23-29-55)57(46-20-26-53-39(3)32-46)58(47-21-27-54-40(4)33-47)45-24-30-56(31-25-45)37-43-17-19-50(52(35-43)60-6-2)62-48-14-10-11-15-48/h7-9,12-13,16-21,26-27,32-35,44-45,48H,5-6,10-11,14-15,22-25,28-31,36-38H2,1-4H3. The second-order valence-corrected chi connectivity index (χ2v) is 17.2. The predicted molar refractivity (Wildman–Crippen MR) is 248 cm³/mol. The van der Waals surface area contributed by atoms with Crippen molar-refractivity contribution in [1.29, 1.82) is 0 Å². The number of ether oxygens (including phenoxy) is 4. The van der Waals surface area contributed by atoms with E-state index in [9.17, 15) is 0 Å². The predicted octanol–water partition coefficient (Wildman–Crippen LogP) is 10.3. The first-order chi connectivity index (χ1) is 30.4. The Kier molecular flexibility index (Phi) is 14.8. The van der Waals surface area contributed by atoms with E-state index in [1.54, 1.807) is 0 Å². The molecule has 2 aliphatic heterocycles. The first-order valence-corrected chi connectivity index (χ1v) is 23.2. The molecule has 0 amide bonds. The van der Waals surface area contributed by atoms with Crippen LogP contribution in [0.5, 0.6) is 23.0 Å². The lowest BCUT2D eigenvalue weighted by Gasteiger charge is -2.51. The maximum atomic E-state index is 6.41. The summed E-state index contributed by atoms with van der Waals surface area (Å²) in [5.41, 5.74) is 8.10. The maximum Gasteiger partial charge on any atom is 0.161 e. The van der Waals surface area contributed by atoms with Crippen LogP contribution in [0.25, 0.3) is 0 Å². The molecule has 10 nitrogen and oxygen atoms in total. The summed E-state index contributed by atoms with van der Waals surface area (Å²) in [6.45, 7) is 15.8. The Morgan fingerprint density at radius 1 is 0.532 bits per heavy atom. The highest BCUT2D eigenvalue weighted by Crippen LogP contribution is 2.37. The van der Waals surface area contributed by atoms with Gasteiger partial charge in [-0.25, -0.2) is 0 Å². The van der Waals surface area contributed by atoms with Crippen LogP contribution in [0, 0.1) is 13.8 Å². The topological polar surface area (TPSA) is 75.7 Å². The van der Waals surface area contributed by atoms with E-state index in [2.05, 4.69) is 123 Å². The van der Waals surface area contributed by atoms with E-state index >= 15 is 0 Å². The van der Waals surface area contributed by atoms with Crippen molar-refractivity contribution < 1.29 is 18.9 Å². The normalized spacial score (nSPS) is 16.9. The van der Waals surface area contributed by atoms with Gasteiger partial charge in [-0.05, 0) is 144 Å². The summed E-state index contributed by atoms with van der Waals surface area (Å²) in [7, 11) is 0. The van der Waals surface area contributed by atoms with Crippen LogP contribution < -0.4 is 29.0 Å². The number of pyridine rings is 2. The molecule has 3 fully saturated rings. The molecule has 0 radical (unpaired) electrons. The number of aromatic nitrogens is 2. The minimum absolute atomic E-state index is 0.304. The number of hydrogen-bond donors (Lipinski definition) is 0. The van der Waals surface area contributed by atoms with Crippen LogP contribution in [0.4, 0.5) is 11.4 Å². The highest BCUT2D eigenvalue weighted by Gasteiger charge is 2.35. The molecule has 2 saturated heterocycles. The first-order valence-electron chi connectivity index (χ1n) is 23.2. The van der Waals surface area contributed by atoms with E-state index in [0.29, 0.717) is 38.0 Å². The second kappa shape index (κ2) is 21.2. The number of aryl methyl sites for hydroxylation is 2. The van der Waals surface area contributed by atoms with Gasteiger partial charge in [-0.15, -0.1) is 0 Å². The Morgan fingerprint density at radius 3 is 1.53 bits per heavy atom. The van der Waals surface area contributed by atoms with Crippen molar-refractivity contribution in [1.82, 2.24) is 19.8 Å². The fraction of sp³-hybridized carbons (Fsp3) is 0.462. The van der Waals surface area contributed by atoms with E-state index in [4.69, 9.17) is 18.9 Å². The lowest BCUT2D eigenvalue weighted by molar-refractivity contribution is 0.183. The molecule has 3 aromatic carbocycles. The van der Waals surface area contributed by atoms with Crippen LogP contribution >= 0.6 is 0 Å². The number of hydrogen-bond acceptors (Lipinski definition) is 10. The number of benzene rings is 3. The summed E-state index contributed by atoms with van der Waals surface area (Å²) in [5.74, 6) is 3.35. The quantitative estimate of drug-likeness (QED) is 0.0797. The van der Waals surface area contributed by atoms with Crippen LogP contribution in [-0.2, 0) is 19.7 Å². The molecule has 5 aromatic rings. The molecule has 2 aromatic heterocycles. The van der Waals surface area contributed by atoms with Gasteiger partial charge < -0.3 is 18.9 Å². The van der Waals surface area contributed by atoms with Gasteiger partial charge in [0.1, 0.15) is 6.61 Å². The van der Waals surface area contributed by atoms with Crippen molar-refractivity contribution in [3.8, 4) is 23.0 Å². The first kappa shape index (κ1) is 43.3. The Balaban J connectivity index is 0.965. The molecule has 62 heavy (non-hydrogen) atoms. The van der Waals surface area contributed by atoms with Crippen LogP contribution in [0.2, 0.25) is 0 Å². The molecular weight excluding hydrogens is 773 g/mol. The summed E-state index contributed by atoms with van der Waals surface area (Å²) in [6, 6.07) is 32.8. The molecule has 0 spiro atoms. The van der Waals surface area contributed by atoms with E-state index in [0.717, 1.165) is 118 Å². The molecular formula is C52H66N6O4.